The molecule has 1 aliphatic rings. The van der Waals surface area contributed by atoms with Gasteiger partial charge in [0.15, 0.2) is 0 Å². The van der Waals surface area contributed by atoms with Crippen LogP contribution in [0.15, 0.2) is 23.8 Å². The molecule has 0 saturated heterocycles. The number of carbonyl (C=O) groups is 1. The zero-order chi connectivity index (χ0) is 13.1. The molecule has 18 heavy (non-hydrogen) atoms. The Labute approximate surface area is 113 Å². The van der Waals surface area contributed by atoms with Crippen molar-refractivity contribution in [2.24, 2.45) is 5.92 Å². The molecule has 1 aromatic rings. The van der Waals surface area contributed by atoms with Crippen molar-refractivity contribution in [1.82, 2.24) is 0 Å². The average Bonchev–Trinajstić information content (AvgIpc) is 2.50. The first kappa shape index (κ1) is 13.2. The molecule has 0 fully saturated rings. The lowest BCUT2D eigenvalue weighted by Crippen LogP contribution is -2.13. The standard InChI is InChI=1S/C15H17ClO2/c1-3-18-15(17)13-9-11-5-4-6-14(16)12(11)8-7-10(13)2/h4-6,9-10H,3,7-8H2,1-2H3. The predicted molar refractivity (Wildman–Crippen MR) is 73.5 cm³/mol. The monoisotopic (exact) mass is 264 g/mol. The maximum atomic E-state index is 11.9. The maximum absolute atomic E-state index is 11.9. The highest BCUT2D eigenvalue weighted by Gasteiger charge is 2.22. The van der Waals surface area contributed by atoms with Gasteiger partial charge in [-0.3, -0.25) is 0 Å². The second kappa shape index (κ2) is 5.57. The third kappa shape index (κ3) is 2.59. The fourth-order valence-electron chi connectivity index (χ4n) is 2.27. The summed E-state index contributed by atoms with van der Waals surface area (Å²) in [5, 5.41) is 0.779. The molecular weight excluding hydrogens is 248 g/mol. The lowest BCUT2D eigenvalue weighted by Gasteiger charge is -2.12. The Balaban J connectivity index is 2.42. The number of fused-ring (bicyclic) bond motifs is 1. The first-order chi connectivity index (χ1) is 8.63. The summed E-state index contributed by atoms with van der Waals surface area (Å²) in [5.41, 5.74) is 2.91. The molecule has 0 spiro atoms. The van der Waals surface area contributed by atoms with E-state index in [0.717, 1.165) is 34.6 Å². The molecule has 1 atom stereocenters. The Morgan fingerprint density at radius 3 is 3.00 bits per heavy atom. The number of hydrogen-bond acceptors (Lipinski definition) is 2. The van der Waals surface area contributed by atoms with E-state index in [2.05, 4.69) is 6.92 Å². The lowest BCUT2D eigenvalue weighted by molar-refractivity contribution is -0.139. The fraction of sp³-hybridized carbons (Fsp3) is 0.400. The van der Waals surface area contributed by atoms with Crippen LogP contribution in [0.4, 0.5) is 0 Å². The van der Waals surface area contributed by atoms with Gasteiger partial charge in [-0.15, -0.1) is 0 Å². The molecule has 96 valence electrons. The predicted octanol–water partition coefficient (Wildman–Crippen LogP) is 3.87. The minimum absolute atomic E-state index is 0.201. The highest BCUT2D eigenvalue weighted by molar-refractivity contribution is 6.31. The summed E-state index contributed by atoms with van der Waals surface area (Å²) in [6, 6.07) is 5.81. The summed E-state index contributed by atoms with van der Waals surface area (Å²) < 4.78 is 5.11. The molecule has 0 N–H and O–H groups in total. The van der Waals surface area contributed by atoms with Crippen molar-refractivity contribution in [1.29, 1.82) is 0 Å². The first-order valence-electron chi connectivity index (χ1n) is 6.29. The van der Waals surface area contributed by atoms with Gasteiger partial charge in [-0.1, -0.05) is 30.7 Å². The summed E-state index contributed by atoms with van der Waals surface area (Å²) >= 11 is 6.21. The summed E-state index contributed by atoms with van der Waals surface area (Å²) in [5.74, 6) is -0.00894. The van der Waals surface area contributed by atoms with Crippen molar-refractivity contribution in [3.63, 3.8) is 0 Å². The molecule has 2 nitrogen and oxygen atoms in total. The Morgan fingerprint density at radius 1 is 1.50 bits per heavy atom. The van der Waals surface area contributed by atoms with Crippen molar-refractivity contribution in [3.05, 3.63) is 39.9 Å². The minimum atomic E-state index is -0.210. The Kier molecular flexibility index (Phi) is 4.07. The zero-order valence-electron chi connectivity index (χ0n) is 10.7. The summed E-state index contributed by atoms with van der Waals surface area (Å²) in [4.78, 5) is 11.9. The fourth-order valence-corrected chi connectivity index (χ4v) is 2.55. The van der Waals surface area contributed by atoms with Gasteiger partial charge in [0, 0.05) is 10.6 Å². The number of carbonyl (C=O) groups excluding carboxylic acids is 1. The van der Waals surface area contributed by atoms with Gasteiger partial charge in [-0.05, 0) is 49.0 Å². The largest absolute Gasteiger partial charge is 0.463 e. The molecule has 2 rings (SSSR count). The third-order valence-electron chi connectivity index (χ3n) is 3.34. The number of benzene rings is 1. The van der Waals surface area contributed by atoms with Gasteiger partial charge in [-0.2, -0.15) is 0 Å². The molecule has 0 radical (unpaired) electrons. The highest BCUT2D eigenvalue weighted by Crippen LogP contribution is 2.31. The van der Waals surface area contributed by atoms with Crippen molar-refractivity contribution < 1.29 is 9.53 Å². The molecule has 0 heterocycles. The normalized spacial score (nSPS) is 18.6. The molecule has 0 amide bonds. The first-order valence-corrected chi connectivity index (χ1v) is 6.67. The number of hydrogen-bond donors (Lipinski definition) is 0. The Bertz CT molecular complexity index is 491. The molecule has 1 unspecified atom stereocenters. The van der Waals surface area contributed by atoms with Crippen LogP contribution in [0.3, 0.4) is 0 Å². The number of rotatable bonds is 2. The van der Waals surface area contributed by atoms with Gasteiger partial charge in [0.05, 0.1) is 6.61 Å². The van der Waals surface area contributed by atoms with Crippen molar-refractivity contribution in [2.45, 2.75) is 26.7 Å². The van der Waals surface area contributed by atoms with E-state index in [1.165, 1.54) is 0 Å². The SMILES string of the molecule is CCOC(=O)C1=Cc2cccc(Cl)c2CCC1C. The second-order valence-electron chi connectivity index (χ2n) is 4.57. The topological polar surface area (TPSA) is 26.3 Å². The van der Waals surface area contributed by atoms with Gasteiger partial charge in [0.2, 0.25) is 0 Å². The van der Waals surface area contributed by atoms with Crippen LogP contribution < -0.4 is 0 Å². The van der Waals surface area contributed by atoms with Crippen LogP contribution in [0.1, 0.15) is 31.4 Å². The van der Waals surface area contributed by atoms with E-state index in [1.807, 2.05) is 31.2 Å². The quantitative estimate of drug-likeness (QED) is 0.758. The van der Waals surface area contributed by atoms with E-state index < -0.39 is 0 Å². The number of halogens is 1. The molecule has 0 saturated carbocycles. The van der Waals surface area contributed by atoms with Crippen LogP contribution in [0.5, 0.6) is 0 Å². The number of ether oxygens (including phenoxy) is 1. The van der Waals surface area contributed by atoms with Gasteiger partial charge in [0.25, 0.3) is 0 Å². The highest BCUT2D eigenvalue weighted by atomic mass is 35.5. The Morgan fingerprint density at radius 2 is 2.28 bits per heavy atom. The van der Waals surface area contributed by atoms with E-state index in [4.69, 9.17) is 16.3 Å². The molecular formula is C15H17ClO2. The van der Waals surface area contributed by atoms with E-state index in [0.29, 0.717) is 6.61 Å². The van der Waals surface area contributed by atoms with Crippen LogP contribution in [0.25, 0.3) is 6.08 Å². The van der Waals surface area contributed by atoms with Crippen LogP contribution in [0.2, 0.25) is 5.02 Å². The van der Waals surface area contributed by atoms with Crippen LogP contribution in [0, 0.1) is 5.92 Å². The zero-order valence-corrected chi connectivity index (χ0v) is 11.5. The molecule has 0 aliphatic heterocycles. The summed E-state index contributed by atoms with van der Waals surface area (Å²) in [6.07, 6.45) is 3.74. The van der Waals surface area contributed by atoms with Crippen LogP contribution in [-0.4, -0.2) is 12.6 Å². The van der Waals surface area contributed by atoms with Crippen LogP contribution in [-0.2, 0) is 16.0 Å². The molecule has 3 heteroatoms. The van der Waals surface area contributed by atoms with E-state index in [9.17, 15) is 4.79 Å². The summed E-state index contributed by atoms with van der Waals surface area (Å²) in [6.45, 7) is 4.29. The van der Waals surface area contributed by atoms with E-state index in [1.54, 1.807) is 0 Å². The lowest BCUT2D eigenvalue weighted by atomic mass is 9.97. The molecule has 0 aromatic heterocycles. The second-order valence-corrected chi connectivity index (χ2v) is 4.97. The number of esters is 1. The molecule has 0 bridgehead atoms. The van der Waals surface area contributed by atoms with Crippen molar-refractivity contribution >= 4 is 23.6 Å². The van der Waals surface area contributed by atoms with Crippen molar-refractivity contribution in [2.75, 3.05) is 6.61 Å². The average molecular weight is 265 g/mol. The van der Waals surface area contributed by atoms with Gasteiger partial charge in [0.1, 0.15) is 0 Å². The molecule has 1 aromatic carbocycles. The smallest absolute Gasteiger partial charge is 0.334 e. The van der Waals surface area contributed by atoms with E-state index in [-0.39, 0.29) is 11.9 Å². The van der Waals surface area contributed by atoms with Crippen LogP contribution >= 0.6 is 11.6 Å². The Hall–Kier alpha value is -1.28. The van der Waals surface area contributed by atoms with Crippen molar-refractivity contribution in [3.8, 4) is 0 Å². The van der Waals surface area contributed by atoms with E-state index >= 15 is 0 Å². The summed E-state index contributed by atoms with van der Waals surface area (Å²) in [7, 11) is 0. The van der Waals surface area contributed by atoms with Gasteiger partial charge >= 0.3 is 5.97 Å². The van der Waals surface area contributed by atoms with Gasteiger partial charge < -0.3 is 4.74 Å². The molecule has 1 aliphatic carbocycles. The third-order valence-corrected chi connectivity index (χ3v) is 3.69. The maximum Gasteiger partial charge on any atom is 0.334 e. The van der Waals surface area contributed by atoms with Gasteiger partial charge in [-0.25, -0.2) is 4.79 Å². The minimum Gasteiger partial charge on any atom is -0.463 e.